The van der Waals surface area contributed by atoms with E-state index in [0.717, 1.165) is 5.69 Å². The highest BCUT2D eigenvalue weighted by Gasteiger charge is 2.22. The molecule has 108 valence electrons. The molecule has 0 aliphatic carbocycles. The van der Waals surface area contributed by atoms with Gasteiger partial charge in [0.25, 0.3) is 6.43 Å². The first-order valence-corrected chi connectivity index (χ1v) is 5.99. The van der Waals surface area contributed by atoms with E-state index in [0.29, 0.717) is 0 Å². The van der Waals surface area contributed by atoms with E-state index in [1.807, 2.05) is 31.1 Å². The van der Waals surface area contributed by atoms with E-state index < -0.39 is 6.43 Å². The Morgan fingerprint density at radius 3 is 2.35 bits per heavy atom. The van der Waals surface area contributed by atoms with Crippen LogP contribution in [0.25, 0.3) is 5.82 Å². The van der Waals surface area contributed by atoms with Crippen LogP contribution in [0.5, 0.6) is 0 Å². The topological polar surface area (TPSA) is 20.0 Å². The Balaban J connectivity index is 0.00000200. The molecule has 0 aliphatic heterocycles. The third kappa shape index (κ3) is 3.55. The summed E-state index contributed by atoms with van der Waals surface area (Å²) in [6.45, 7) is 0. The molecule has 7 heteroatoms. The lowest BCUT2D eigenvalue weighted by molar-refractivity contribution is -0.600. The summed E-state index contributed by atoms with van der Waals surface area (Å²) >= 11 is 5.70. The fraction of sp³-hybridized carbons (Fsp3) is 0.231. The Morgan fingerprint density at radius 1 is 1.25 bits per heavy atom. The molecule has 2 aromatic heterocycles. The minimum Gasteiger partial charge on any atom is -1.00 e. The van der Waals surface area contributed by atoms with Gasteiger partial charge in [0.05, 0.1) is 17.4 Å². The lowest BCUT2D eigenvalue weighted by Gasteiger charge is -2.11. The predicted molar refractivity (Wildman–Crippen MR) is 70.1 cm³/mol. The van der Waals surface area contributed by atoms with Gasteiger partial charge in [0.15, 0.2) is 6.20 Å². The van der Waals surface area contributed by atoms with Crippen molar-refractivity contribution in [2.24, 2.45) is 0 Å². The lowest BCUT2D eigenvalue weighted by atomic mass is 10.2. The monoisotopic (exact) mass is 319 g/mol. The minimum absolute atomic E-state index is 0. The molecule has 0 spiro atoms. The molecule has 2 heterocycles. The van der Waals surface area contributed by atoms with Crippen LogP contribution in [0.3, 0.4) is 0 Å². The van der Waals surface area contributed by atoms with Crippen molar-refractivity contribution in [3.05, 3.63) is 47.4 Å². The highest BCUT2D eigenvalue weighted by atomic mass is 35.5. The summed E-state index contributed by atoms with van der Waals surface area (Å²) in [6.07, 6.45) is 2.12. The molecule has 0 saturated heterocycles. The maximum Gasteiger partial charge on any atom is 0.336 e. The van der Waals surface area contributed by atoms with Crippen LogP contribution in [0.15, 0.2) is 36.8 Å². The Labute approximate surface area is 127 Å². The number of nitrogens with zero attached hydrogens (tertiary/aromatic N) is 3. The van der Waals surface area contributed by atoms with E-state index in [1.165, 1.54) is 12.3 Å². The Bertz CT molecular complexity index is 574. The first-order chi connectivity index (χ1) is 8.99. The molecule has 0 aromatic carbocycles. The molecule has 0 N–H and O–H groups in total. The molecule has 0 atom stereocenters. The van der Waals surface area contributed by atoms with Crippen molar-refractivity contribution in [1.82, 2.24) is 4.98 Å². The zero-order valence-corrected chi connectivity index (χ0v) is 12.4. The lowest BCUT2D eigenvalue weighted by Crippen LogP contribution is -3.00. The van der Waals surface area contributed by atoms with Crippen LogP contribution in [-0.2, 0) is 0 Å². The van der Waals surface area contributed by atoms with E-state index in [-0.39, 0.29) is 28.8 Å². The second-order valence-electron chi connectivity index (χ2n) is 4.23. The van der Waals surface area contributed by atoms with Crippen LogP contribution in [0.1, 0.15) is 12.0 Å². The van der Waals surface area contributed by atoms with E-state index in [2.05, 4.69) is 4.98 Å². The van der Waals surface area contributed by atoms with Crippen molar-refractivity contribution in [3.8, 4) is 5.82 Å². The van der Waals surface area contributed by atoms with Crippen LogP contribution in [0, 0.1) is 0 Å². The Hall–Kier alpha value is -1.46. The molecule has 3 nitrogen and oxygen atoms in total. The Morgan fingerprint density at radius 2 is 1.85 bits per heavy atom. The number of hydrogen-bond donors (Lipinski definition) is 0. The summed E-state index contributed by atoms with van der Waals surface area (Å²) in [5, 5.41) is 0.199. The molecule has 2 aromatic rings. The van der Waals surface area contributed by atoms with E-state index in [9.17, 15) is 8.78 Å². The summed E-state index contributed by atoms with van der Waals surface area (Å²) in [5.74, 6) is 0.185. The van der Waals surface area contributed by atoms with E-state index in [4.69, 9.17) is 11.6 Å². The molecule has 0 bridgehead atoms. The highest BCUT2D eigenvalue weighted by Crippen LogP contribution is 2.24. The van der Waals surface area contributed by atoms with Gasteiger partial charge in [0.1, 0.15) is 5.56 Å². The van der Waals surface area contributed by atoms with Crippen molar-refractivity contribution in [3.63, 3.8) is 0 Å². The van der Waals surface area contributed by atoms with Crippen LogP contribution in [0.4, 0.5) is 14.5 Å². The van der Waals surface area contributed by atoms with Gasteiger partial charge in [-0.05, 0) is 11.1 Å². The first kappa shape index (κ1) is 16.6. The molecular formula is C13H13Cl2F2N3. The van der Waals surface area contributed by atoms with E-state index in [1.54, 1.807) is 17.0 Å². The summed E-state index contributed by atoms with van der Waals surface area (Å²) in [4.78, 5) is 5.91. The van der Waals surface area contributed by atoms with Crippen molar-refractivity contribution < 1.29 is 25.8 Å². The fourth-order valence-corrected chi connectivity index (χ4v) is 1.85. The number of halogens is 4. The van der Waals surface area contributed by atoms with Gasteiger partial charge in [-0.15, -0.1) is 0 Å². The SMILES string of the molecule is CN(C)c1cc[n+](-c2ncc(Cl)cc2C(F)F)cc1.[Cl-]. The number of pyridine rings is 2. The summed E-state index contributed by atoms with van der Waals surface area (Å²) in [7, 11) is 3.82. The van der Waals surface area contributed by atoms with Crippen LogP contribution < -0.4 is 21.9 Å². The van der Waals surface area contributed by atoms with Gasteiger partial charge < -0.3 is 17.3 Å². The number of rotatable bonds is 3. The normalized spacial score (nSPS) is 10.3. The maximum absolute atomic E-state index is 13.0. The zero-order chi connectivity index (χ0) is 14.0. The molecule has 0 fully saturated rings. The molecule has 0 saturated carbocycles. The maximum atomic E-state index is 13.0. The third-order valence-electron chi connectivity index (χ3n) is 2.67. The second-order valence-corrected chi connectivity index (χ2v) is 4.66. The van der Waals surface area contributed by atoms with Gasteiger partial charge in [-0.3, -0.25) is 0 Å². The summed E-state index contributed by atoms with van der Waals surface area (Å²) in [5.41, 5.74) is 0.791. The zero-order valence-electron chi connectivity index (χ0n) is 10.9. The number of alkyl halides is 2. The van der Waals surface area contributed by atoms with E-state index >= 15 is 0 Å². The van der Waals surface area contributed by atoms with Crippen LogP contribution in [-0.4, -0.2) is 19.1 Å². The first-order valence-electron chi connectivity index (χ1n) is 5.61. The predicted octanol–water partition coefficient (Wildman–Crippen LogP) is 0.0193. The molecule has 20 heavy (non-hydrogen) atoms. The van der Waals surface area contributed by atoms with Gasteiger partial charge in [-0.2, -0.15) is 0 Å². The van der Waals surface area contributed by atoms with Gasteiger partial charge in [-0.25, -0.2) is 13.3 Å². The second kappa shape index (κ2) is 6.81. The fourth-order valence-electron chi connectivity index (χ4n) is 1.68. The number of aromatic nitrogens is 2. The quantitative estimate of drug-likeness (QED) is 0.743. The smallest absolute Gasteiger partial charge is 0.336 e. The largest absolute Gasteiger partial charge is 1.00 e. The van der Waals surface area contributed by atoms with Crippen molar-refractivity contribution in [2.75, 3.05) is 19.0 Å². The average molecular weight is 320 g/mol. The average Bonchev–Trinajstić information content (AvgIpc) is 2.38. The van der Waals surface area contributed by atoms with Gasteiger partial charge in [0, 0.05) is 31.9 Å². The van der Waals surface area contributed by atoms with Gasteiger partial charge in [-0.1, -0.05) is 11.6 Å². The highest BCUT2D eigenvalue weighted by molar-refractivity contribution is 6.30. The molecular weight excluding hydrogens is 307 g/mol. The van der Waals surface area contributed by atoms with Crippen molar-refractivity contribution in [2.45, 2.75) is 6.43 Å². The molecule has 0 unspecified atom stereocenters. The number of anilines is 1. The summed E-state index contributed by atoms with van der Waals surface area (Å²) in [6, 6.07) is 4.89. The molecule has 2 rings (SSSR count). The summed E-state index contributed by atoms with van der Waals surface area (Å²) < 4.78 is 27.5. The van der Waals surface area contributed by atoms with Crippen LogP contribution in [0.2, 0.25) is 5.02 Å². The van der Waals surface area contributed by atoms with Crippen molar-refractivity contribution in [1.29, 1.82) is 0 Å². The van der Waals surface area contributed by atoms with Gasteiger partial charge in [0.2, 0.25) is 0 Å². The van der Waals surface area contributed by atoms with Crippen LogP contribution >= 0.6 is 11.6 Å². The molecule has 0 amide bonds. The Kier molecular flexibility index (Phi) is 5.65. The minimum atomic E-state index is -2.62. The third-order valence-corrected chi connectivity index (χ3v) is 2.88. The molecule has 0 radical (unpaired) electrons. The standard InChI is InChI=1S/C13H13ClF2N3.ClH/c1-18(2)10-3-5-19(6-4-10)13-11(12(15)16)7-9(14)8-17-13;/h3-8,12H,1-2H3;1H/q+1;/p-1. The van der Waals surface area contributed by atoms with Crippen molar-refractivity contribution >= 4 is 17.3 Å². The molecule has 0 aliphatic rings. The van der Waals surface area contributed by atoms with Gasteiger partial charge >= 0.3 is 5.82 Å². The number of hydrogen-bond acceptors (Lipinski definition) is 2.